The first-order valence-electron chi connectivity index (χ1n) is 2.45. The zero-order chi connectivity index (χ0) is 10.5. The minimum absolute atomic E-state index is 0.779. The molecule has 0 bridgehead atoms. The van der Waals surface area contributed by atoms with Gasteiger partial charge < -0.3 is 0 Å². The highest BCUT2D eigenvalue weighted by Gasteiger charge is 2.24. The highest BCUT2D eigenvalue weighted by molar-refractivity contribution is 7.95. The molecule has 0 aromatic carbocycles. The van der Waals surface area contributed by atoms with E-state index in [0.29, 0.717) is 0 Å². The maximum atomic E-state index is 10.5. The van der Waals surface area contributed by atoms with Gasteiger partial charge in [0.05, 0.1) is 0 Å². The molecule has 0 aromatic rings. The molecule has 0 amide bonds. The molecule has 0 aromatic heterocycles. The van der Waals surface area contributed by atoms with Crippen LogP contribution < -0.4 is 0 Å². The lowest BCUT2D eigenvalue weighted by molar-refractivity contribution is 0.276. The molecule has 0 aliphatic heterocycles. The van der Waals surface area contributed by atoms with Gasteiger partial charge in [0, 0.05) is 0 Å². The average molecular weight is 275 g/mol. The molecule has 0 radical (unpaired) electrons. The van der Waals surface area contributed by atoms with E-state index in [-0.39, 0.29) is 0 Å². The van der Waals surface area contributed by atoms with Crippen LogP contribution >= 0.6 is 23.2 Å². The predicted molar refractivity (Wildman–Crippen MR) is 42.5 cm³/mol. The first-order valence-corrected chi connectivity index (χ1v) is 6.18. The molecule has 0 rings (SSSR count). The molecule has 0 heterocycles. The van der Waals surface area contributed by atoms with E-state index in [1.54, 1.807) is 0 Å². The molecular weight excluding hydrogens is 271 g/mol. The van der Waals surface area contributed by atoms with E-state index in [1.165, 1.54) is 0 Å². The summed E-state index contributed by atoms with van der Waals surface area (Å²) < 4.78 is 52.8. The van der Waals surface area contributed by atoms with E-state index in [2.05, 4.69) is 12.0 Å². The smallest absolute Gasteiger partial charge is 0.231 e. The summed E-state index contributed by atoms with van der Waals surface area (Å²) in [5.41, 5.74) is 0. The van der Waals surface area contributed by atoms with Crippen LogP contribution in [0.5, 0.6) is 0 Å². The molecule has 13 heavy (non-hydrogen) atoms. The predicted octanol–water partition coefficient (Wildman–Crippen LogP) is -0.0816. The second-order valence-electron chi connectivity index (χ2n) is 1.34. The van der Waals surface area contributed by atoms with Gasteiger partial charge in [0.1, 0.15) is 12.1 Å². The van der Waals surface area contributed by atoms with Gasteiger partial charge in [0.25, 0.3) is 0 Å². The highest BCUT2D eigenvalue weighted by Crippen LogP contribution is 2.06. The lowest BCUT2D eigenvalue weighted by atomic mass is 11.7. The molecule has 80 valence electrons. The van der Waals surface area contributed by atoms with Crippen LogP contribution in [-0.2, 0) is 32.8 Å². The van der Waals surface area contributed by atoms with Crippen LogP contribution in [0.3, 0.4) is 0 Å². The number of alkyl halides is 2. The first kappa shape index (κ1) is 13.4. The Hall–Kier alpha value is 0.360. The summed E-state index contributed by atoms with van der Waals surface area (Å²) in [5, 5.41) is 0. The molecule has 0 unspecified atom stereocenters. The van der Waals surface area contributed by atoms with E-state index in [4.69, 9.17) is 23.2 Å². The minimum atomic E-state index is -4.72. The van der Waals surface area contributed by atoms with Crippen molar-refractivity contribution in [1.82, 2.24) is 0 Å². The summed E-state index contributed by atoms with van der Waals surface area (Å²) in [6, 6.07) is -1.56. The van der Waals surface area contributed by atoms with Crippen LogP contribution in [0.1, 0.15) is 0 Å². The van der Waals surface area contributed by atoms with Crippen molar-refractivity contribution in [2.24, 2.45) is 0 Å². The standard InChI is InChI=1S/C2H4Cl2O7S2/c3-1-9-12(5,6)11-13(7,8)10-2-4/h1-2H2. The Morgan fingerprint density at radius 1 is 0.846 bits per heavy atom. The zero-order valence-electron chi connectivity index (χ0n) is 5.84. The Bertz CT molecular complexity index is 296. The van der Waals surface area contributed by atoms with Gasteiger partial charge in [-0.25, -0.2) is 8.37 Å². The summed E-state index contributed by atoms with van der Waals surface area (Å²) in [6.07, 6.45) is 0. The van der Waals surface area contributed by atoms with Crippen molar-refractivity contribution in [3.63, 3.8) is 0 Å². The minimum Gasteiger partial charge on any atom is -0.231 e. The summed E-state index contributed by atoms with van der Waals surface area (Å²) in [7, 11) is -9.43. The van der Waals surface area contributed by atoms with Crippen LogP contribution in [0.25, 0.3) is 0 Å². The summed E-state index contributed by atoms with van der Waals surface area (Å²) in [4.78, 5) is 0. The third-order valence-electron chi connectivity index (χ3n) is 0.544. The van der Waals surface area contributed by atoms with Gasteiger partial charge >= 0.3 is 20.8 Å². The Kier molecular flexibility index (Phi) is 5.44. The largest absolute Gasteiger partial charge is 0.417 e. The van der Waals surface area contributed by atoms with Crippen LogP contribution in [0.2, 0.25) is 0 Å². The topological polar surface area (TPSA) is 96.0 Å². The molecule has 0 fully saturated rings. The van der Waals surface area contributed by atoms with Crippen molar-refractivity contribution in [2.45, 2.75) is 0 Å². The second kappa shape index (κ2) is 5.29. The molecule has 0 N–H and O–H groups in total. The highest BCUT2D eigenvalue weighted by atomic mass is 35.5. The molecule has 0 saturated carbocycles. The number of hydrogen-bond donors (Lipinski definition) is 0. The molecule has 0 aliphatic rings. The van der Waals surface area contributed by atoms with Crippen LogP contribution in [0.15, 0.2) is 0 Å². The molecule has 0 saturated heterocycles. The van der Waals surface area contributed by atoms with E-state index in [0.717, 1.165) is 0 Å². The van der Waals surface area contributed by atoms with E-state index < -0.39 is 32.9 Å². The van der Waals surface area contributed by atoms with Crippen molar-refractivity contribution in [3.8, 4) is 0 Å². The average Bonchev–Trinajstić information content (AvgIpc) is 1.82. The SMILES string of the molecule is O=S(=O)(OCCl)OS(=O)(=O)OCCl. The number of rotatable bonds is 6. The maximum absolute atomic E-state index is 10.5. The molecule has 0 spiro atoms. The lowest BCUT2D eigenvalue weighted by Crippen LogP contribution is -2.17. The van der Waals surface area contributed by atoms with Crippen LogP contribution in [-0.4, -0.2) is 29.0 Å². The second-order valence-corrected chi connectivity index (χ2v) is 4.42. The molecule has 7 nitrogen and oxygen atoms in total. The fourth-order valence-corrected chi connectivity index (χ4v) is 2.25. The molecule has 0 aliphatic carbocycles. The molecule has 11 heteroatoms. The quantitative estimate of drug-likeness (QED) is 0.625. The monoisotopic (exact) mass is 274 g/mol. The van der Waals surface area contributed by atoms with Crippen LogP contribution in [0.4, 0.5) is 0 Å². The first-order chi connectivity index (χ1) is 5.83. The maximum Gasteiger partial charge on any atom is 0.417 e. The third kappa shape index (κ3) is 6.43. The Morgan fingerprint density at radius 2 is 1.15 bits per heavy atom. The fourth-order valence-electron chi connectivity index (χ4n) is 0.250. The number of halogens is 2. The summed E-state index contributed by atoms with van der Waals surface area (Å²) >= 11 is 9.70. The van der Waals surface area contributed by atoms with Gasteiger partial charge in [0.2, 0.25) is 0 Å². The Balaban J connectivity index is 4.44. The van der Waals surface area contributed by atoms with Gasteiger partial charge in [-0.15, -0.1) is 3.63 Å². The van der Waals surface area contributed by atoms with Crippen molar-refractivity contribution < 1.29 is 28.8 Å². The normalized spacial score (nSPS) is 13.1. The molecule has 0 atom stereocenters. The van der Waals surface area contributed by atoms with E-state index in [1.807, 2.05) is 0 Å². The van der Waals surface area contributed by atoms with Crippen molar-refractivity contribution in [2.75, 3.05) is 12.1 Å². The van der Waals surface area contributed by atoms with Crippen LogP contribution in [0, 0.1) is 0 Å². The Labute approximate surface area is 85.1 Å². The zero-order valence-corrected chi connectivity index (χ0v) is 8.99. The van der Waals surface area contributed by atoms with Gasteiger partial charge in [-0.05, 0) is 0 Å². The van der Waals surface area contributed by atoms with Gasteiger partial charge in [-0.3, -0.25) is 0 Å². The van der Waals surface area contributed by atoms with Gasteiger partial charge in [-0.2, -0.15) is 16.8 Å². The van der Waals surface area contributed by atoms with Crippen molar-refractivity contribution >= 4 is 44.0 Å². The summed E-state index contributed by atoms with van der Waals surface area (Å²) in [6.45, 7) is 0. The van der Waals surface area contributed by atoms with Crippen molar-refractivity contribution in [3.05, 3.63) is 0 Å². The van der Waals surface area contributed by atoms with E-state index >= 15 is 0 Å². The van der Waals surface area contributed by atoms with Gasteiger partial charge in [0.15, 0.2) is 0 Å². The lowest BCUT2D eigenvalue weighted by Gasteiger charge is -2.02. The third-order valence-corrected chi connectivity index (χ3v) is 3.17. The number of hydrogen-bond acceptors (Lipinski definition) is 7. The van der Waals surface area contributed by atoms with Gasteiger partial charge in [-0.1, -0.05) is 23.2 Å². The Morgan fingerprint density at radius 3 is 1.38 bits per heavy atom. The van der Waals surface area contributed by atoms with E-state index in [9.17, 15) is 16.8 Å². The van der Waals surface area contributed by atoms with Crippen molar-refractivity contribution in [1.29, 1.82) is 0 Å². The fraction of sp³-hybridized carbons (Fsp3) is 1.00. The molecular formula is C2H4Cl2O7S2. The summed E-state index contributed by atoms with van der Waals surface area (Å²) in [5.74, 6) is 0.